The summed E-state index contributed by atoms with van der Waals surface area (Å²) in [5.41, 5.74) is 0.240. The number of likely N-dealkylation sites (tertiary alicyclic amines) is 1. The lowest BCUT2D eigenvalue weighted by molar-refractivity contribution is -0.156. The lowest BCUT2D eigenvalue weighted by Gasteiger charge is -2.25. The predicted molar refractivity (Wildman–Crippen MR) is 125 cm³/mol. The molecule has 1 heterocycles. The third-order valence-electron chi connectivity index (χ3n) is 5.90. The van der Waals surface area contributed by atoms with Crippen LogP contribution in [0.4, 0.5) is 18.9 Å². The van der Waals surface area contributed by atoms with E-state index in [0.717, 1.165) is 12.1 Å². The number of hydrogen-bond acceptors (Lipinski definition) is 5. The molecule has 0 bridgehead atoms. The van der Waals surface area contributed by atoms with E-state index in [1.54, 1.807) is 37.3 Å². The number of para-hydroxylation sites is 1. The summed E-state index contributed by atoms with van der Waals surface area (Å²) >= 11 is 0. The van der Waals surface area contributed by atoms with Crippen LogP contribution >= 0.6 is 0 Å². The predicted octanol–water partition coefficient (Wildman–Crippen LogP) is 4.14. The highest BCUT2D eigenvalue weighted by Crippen LogP contribution is 2.29. The van der Waals surface area contributed by atoms with Gasteiger partial charge in [-0.2, -0.15) is 13.2 Å². The normalized spacial score (nSPS) is 15.4. The van der Waals surface area contributed by atoms with Crippen molar-refractivity contribution < 1.29 is 37.1 Å². The summed E-state index contributed by atoms with van der Waals surface area (Å²) in [6, 6.07) is 12.2. The lowest BCUT2D eigenvalue weighted by atomic mass is 10.1. The molecule has 0 N–H and O–H groups in total. The van der Waals surface area contributed by atoms with E-state index in [-0.39, 0.29) is 26.0 Å². The number of nitrogens with zero attached hydrogens (tertiary/aromatic N) is 2. The van der Waals surface area contributed by atoms with Crippen molar-refractivity contribution in [2.45, 2.75) is 51.4 Å². The zero-order valence-electron chi connectivity index (χ0n) is 19.8. The van der Waals surface area contributed by atoms with Crippen LogP contribution in [0.2, 0.25) is 0 Å². The van der Waals surface area contributed by atoms with Crippen LogP contribution in [-0.2, 0) is 36.6 Å². The van der Waals surface area contributed by atoms with Gasteiger partial charge in [-0.05, 0) is 49.6 Å². The Morgan fingerprint density at radius 2 is 1.67 bits per heavy atom. The highest BCUT2D eigenvalue weighted by atomic mass is 19.4. The minimum atomic E-state index is -4.46. The molecule has 1 atom stereocenters. The topological polar surface area (TPSA) is 84.0 Å². The van der Waals surface area contributed by atoms with Crippen molar-refractivity contribution >= 4 is 29.3 Å². The smallest absolute Gasteiger partial charge is 0.416 e. The van der Waals surface area contributed by atoms with E-state index >= 15 is 0 Å². The van der Waals surface area contributed by atoms with Gasteiger partial charge in [0.25, 0.3) is 5.78 Å². The zero-order valence-corrected chi connectivity index (χ0v) is 19.8. The monoisotopic (exact) mass is 504 g/mol. The molecule has 0 unspecified atom stereocenters. The van der Waals surface area contributed by atoms with Gasteiger partial charge in [-0.25, -0.2) is 4.79 Å². The molecule has 36 heavy (non-hydrogen) atoms. The van der Waals surface area contributed by atoms with Crippen LogP contribution in [0.15, 0.2) is 54.6 Å². The Kier molecular flexibility index (Phi) is 8.84. The van der Waals surface area contributed by atoms with Crippen molar-refractivity contribution in [2.24, 2.45) is 0 Å². The average molecular weight is 505 g/mol. The van der Waals surface area contributed by atoms with E-state index in [1.807, 2.05) is 0 Å². The van der Waals surface area contributed by atoms with Crippen molar-refractivity contribution in [1.82, 2.24) is 4.90 Å². The molecule has 1 aliphatic rings. The van der Waals surface area contributed by atoms with Gasteiger partial charge in [0, 0.05) is 25.1 Å². The van der Waals surface area contributed by atoms with Crippen molar-refractivity contribution in [3.8, 4) is 0 Å². The molecule has 3 rings (SSSR count). The Morgan fingerprint density at radius 3 is 2.28 bits per heavy atom. The van der Waals surface area contributed by atoms with Gasteiger partial charge in [-0.1, -0.05) is 30.3 Å². The maximum Gasteiger partial charge on any atom is 0.416 e. The highest BCUT2D eigenvalue weighted by molar-refractivity contribution is 6.36. The summed E-state index contributed by atoms with van der Waals surface area (Å²) in [5, 5.41) is 0. The minimum Gasteiger partial charge on any atom is -0.460 e. The number of benzene rings is 2. The van der Waals surface area contributed by atoms with Crippen molar-refractivity contribution in [3.05, 3.63) is 65.7 Å². The van der Waals surface area contributed by atoms with Gasteiger partial charge in [0.15, 0.2) is 0 Å². The number of carbonyl (C=O) groups excluding carboxylic acids is 4. The van der Waals surface area contributed by atoms with Crippen LogP contribution in [0.1, 0.15) is 43.7 Å². The second-order valence-electron chi connectivity index (χ2n) is 8.34. The zero-order chi connectivity index (χ0) is 26.3. The molecule has 10 heteroatoms. The summed E-state index contributed by atoms with van der Waals surface area (Å²) in [4.78, 5) is 52.9. The Morgan fingerprint density at radius 1 is 1.00 bits per heavy atom. The van der Waals surface area contributed by atoms with Gasteiger partial charge >= 0.3 is 12.1 Å². The third-order valence-corrected chi connectivity index (χ3v) is 5.90. The number of halogens is 3. The average Bonchev–Trinajstić information content (AvgIpc) is 3.35. The molecular weight excluding hydrogens is 477 g/mol. The van der Waals surface area contributed by atoms with Crippen LogP contribution in [0.5, 0.6) is 0 Å². The number of hydrogen-bond donors (Lipinski definition) is 0. The standard InChI is InChI=1S/C26H27F3N2O5/c1-2-36-25(35)24(34)21-9-6-16-30(21)22(32)14-15-23(33)31(20-7-4-3-5-8-20)17-18-10-12-19(13-11-18)26(27,28)29/h3-5,7-8,10-13,21H,2,6,9,14-17H2,1H3/t21-/m0/s1. The molecule has 7 nitrogen and oxygen atoms in total. The fourth-order valence-electron chi connectivity index (χ4n) is 4.08. The fraction of sp³-hybridized carbons (Fsp3) is 0.385. The maximum absolute atomic E-state index is 13.1. The van der Waals surface area contributed by atoms with Gasteiger partial charge in [-0.15, -0.1) is 0 Å². The van der Waals surface area contributed by atoms with Crippen molar-refractivity contribution in [3.63, 3.8) is 0 Å². The van der Waals surface area contributed by atoms with Crippen LogP contribution in [0, 0.1) is 0 Å². The largest absolute Gasteiger partial charge is 0.460 e. The number of ketones is 1. The molecule has 2 aromatic rings. The quantitative estimate of drug-likeness (QED) is 0.379. The first-order valence-corrected chi connectivity index (χ1v) is 11.6. The van der Waals surface area contributed by atoms with E-state index in [1.165, 1.54) is 21.9 Å². The van der Waals surface area contributed by atoms with Gasteiger partial charge < -0.3 is 14.5 Å². The Bertz CT molecular complexity index is 1090. The van der Waals surface area contributed by atoms with E-state index in [4.69, 9.17) is 4.74 Å². The molecule has 1 aliphatic heterocycles. The van der Waals surface area contributed by atoms with Gasteiger partial charge in [-0.3, -0.25) is 14.4 Å². The van der Waals surface area contributed by atoms with Gasteiger partial charge in [0.2, 0.25) is 11.8 Å². The number of rotatable bonds is 9. The van der Waals surface area contributed by atoms with Gasteiger partial charge in [0.1, 0.15) is 6.04 Å². The summed E-state index contributed by atoms with van der Waals surface area (Å²) in [6.45, 7) is 1.95. The third kappa shape index (κ3) is 6.71. The number of ether oxygens (including phenoxy) is 1. The number of esters is 1. The molecule has 2 amide bonds. The molecule has 1 fully saturated rings. The van der Waals surface area contributed by atoms with Crippen LogP contribution in [-0.4, -0.2) is 47.7 Å². The summed E-state index contributed by atoms with van der Waals surface area (Å²) in [6.07, 6.45) is -3.91. The fourth-order valence-corrected chi connectivity index (χ4v) is 4.08. The van der Waals surface area contributed by atoms with Gasteiger partial charge in [0.05, 0.1) is 18.7 Å². The molecule has 192 valence electrons. The Labute approximate surface area is 206 Å². The second-order valence-corrected chi connectivity index (χ2v) is 8.34. The number of anilines is 1. The van der Waals surface area contributed by atoms with Crippen molar-refractivity contribution in [2.75, 3.05) is 18.1 Å². The van der Waals surface area contributed by atoms with Crippen LogP contribution in [0.25, 0.3) is 0 Å². The first-order valence-electron chi connectivity index (χ1n) is 11.6. The first-order chi connectivity index (χ1) is 17.1. The highest BCUT2D eigenvalue weighted by Gasteiger charge is 2.38. The molecule has 0 radical (unpaired) electrons. The van der Waals surface area contributed by atoms with Crippen LogP contribution < -0.4 is 4.90 Å². The Balaban J connectivity index is 1.69. The molecule has 2 aromatic carbocycles. The SMILES string of the molecule is CCOC(=O)C(=O)[C@@H]1CCCN1C(=O)CCC(=O)N(Cc1ccc(C(F)(F)F)cc1)c1ccccc1. The molecule has 0 spiro atoms. The van der Waals surface area contributed by atoms with Crippen LogP contribution in [0.3, 0.4) is 0 Å². The summed E-state index contributed by atoms with van der Waals surface area (Å²) < 4.78 is 43.4. The van der Waals surface area contributed by atoms with Crippen molar-refractivity contribution in [1.29, 1.82) is 0 Å². The molecule has 0 aromatic heterocycles. The second kappa shape index (κ2) is 11.8. The van der Waals surface area contributed by atoms with E-state index < -0.39 is 41.3 Å². The summed E-state index contributed by atoms with van der Waals surface area (Å²) in [5.74, 6) is -2.58. The maximum atomic E-state index is 13.1. The molecule has 0 saturated carbocycles. The lowest BCUT2D eigenvalue weighted by Crippen LogP contribution is -2.44. The number of carbonyl (C=O) groups is 4. The molecular formula is C26H27F3N2O5. The molecule has 0 aliphatic carbocycles. The number of alkyl halides is 3. The minimum absolute atomic E-state index is 0.0167. The van der Waals surface area contributed by atoms with E-state index in [2.05, 4.69) is 0 Å². The van der Waals surface area contributed by atoms with E-state index in [9.17, 15) is 32.3 Å². The number of Topliss-reactive ketones (excluding diaryl/α,β-unsaturated/α-hetero) is 1. The Hall–Kier alpha value is -3.69. The number of amides is 2. The summed E-state index contributed by atoms with van der Waals surface area (Å²) in [7, 11) is 0. The molecule has 1 saturated heterocycles. The van der Waals surface area contributed by atoms with E-state index in [0.29, 0.717) is 30.6 Å². The first kappa shape index (κ1) is 26.9.